The summed E-state index contributed by atoms with van der Waals surface area (Å²) in [5.41, 5.74) is 0. The first-order chi connectivity index (χ1) is 8.19. The number of piperidine rings is 1. The Bertz CT molecular complexity index is 381. The fraction of sp³-hybridized carbons (Fsp3) is 0.615. The number of carbonyl (C=O) groups excluding carboxylic acids is 1. The van der Waals surface area contributed by atoms with Crippen LogP contribution in [0.15, 0.2) is 12.1 Å². The van der Waals surface area contributed by atoms with E-state index in [1.54, 1.807) is 11.3 Å². The van der Waals surface area contributed by atoms with Gasteiger partial charge in [-0.25, -0.2) is 4.79 Å². The molecule has 4 heteroatoms. The summed E-state index contributed by atoms with van der Waals surface area (Å²) < 4.78 is 4.72. The molecule has 0 atom stereocenters. The zero-order chi connectivity index (χ0) is 12.3. The smallest absolute Gasteiger partial charge is 0.348 e. The summed E-state index contributed by atoms with van der Waals surface area (Å²) in [6.07, 6.45) is 3.64. The summed E-state index contributed by atoms with van der Waals surface area (Å²) in [6.45, 7) is 2.39. The second-order valence-electron chi connectivity index (χ2n) is 4.71. The minimum Gasteiger partial charge on any atom is -0.465 e. The van der Waals surface area contributed by atoms with E-state index in [1.807, 2.05) is 6.07 Å². The number of carbonyl (C=O) groups is 1. The van der Waals surface area contributed by atoms with Gasteiger partial charge in [0.05, 0.1) is 7.11 Å². The normalized spacial score (nSPS) is 18.2. The van der Waals surface area contributed by atoms with Gasteiger partial charge >= 0.3 is 5.97 Å². The number of ether oxygens (including phenoxy) is 1. The number of hydrogen-bond donors (Lipinski definition) is 0. The molecule has 0 spiro atoms. The van der Waals surface area contributed by atoms with Crippen LogP contribution in [0.25, 0.3) is 0 Å². The Hall–Kier alpha value is -0.870. The van der Waals surface area contributed by atoms with Gasteiger partial charge < -0.3 is 9.64 Å². The predicted molar refractivity (Wildman–Crippen MR) is 69.6 cm³/mol. The van der Waals surface area contributed by atoms with E-state index in [4.69, 9.17) is 4.74 Å². The molecule has 0 unspecified atom stereocenters. The Labute approximate surface area is 106 Å². The summed E-state index contributed by atoms with van der Waals surface area (Å²) in [6, 6.07) is 3.94. The molecule has 0 N–H and O–H groups in total. The largest absolute Gasteiger partial charge is 0.465 e. The maximum Gasteiger partial charge on any atom is 0.348 e. The number of likely N-dealkylation sites (tertiary alicyclic amines) is 1. The molecule has 1 saturated heterocycles. The van der Waals surface area contributed by atoms with Gasteiger partial charge in [-0.2, -0.15) is 0 Å². The molecule has 1 fully saturated rings. The Kier molecular flexibility index (Phi) is 4.18. The molecule has 3 nitrogen and oxygen atoms in total. The highest BCUT2D eigenvalue weighted by atomic mass is 32.1. The molecule has 1 aromatic heterocycles. The van der Waals surface area contributed by atoms with Crippen LogP contribution in [-0.2, 0) is 11.2 Å². The van der Waals surface area contributed by atoms with Gasteiger partial charge in [0.25, 0.3) is 0 Å². The van der Waals surface area contributed by atoms with Gasteiger partial charge in [-0.15, -0.1) is 11.3 Å². The van der Waals surface area contributed by atoms with Crippen LogP contribution in [0.3, 0.4) is 0 Å². The van der Waals surface area contributed by atoms with E-state index in [2.05, 4.69) is 18.0 Å². The lowest BCUT2D eigenvalue weighted by Crippen LogP contribution is -2.30. The Morgan fingerprint density at radius 2 is 2.18 bits per heavy atom. The fourth-order valence-electron chi connectivity index (χ4n) is 2.25. The Morgan fingerprint density at radius 1 is 1.47 bits per heavy atom. The summed E-state index contributed by atoms with van der Waals surface area (Å²) in [7, 11) is 3.61. The third-order valence-electron chi connectivity index (χ3n) is 3.38. The van der Waals surface area contributed by atoms with E-state index >= 15 is 0 Å². The van der Waals surface area contributed by atoms with E-state index in [-0.39, 0.29) is 5.97 Å². The molecule has 1 aliphatic heterocycles. The minimum atomic E-state index is -0.218. The first-order valence-corrected chi connectivity index (χ1v) is 6.86. The Morgan fingerprint density at radius 3 is 2.82 bits per heavy atom. The quantitative estimate of drug-likeness (QED) is 0.775. The molecule has 2 rings (SSSR count). The van der Waals surface area contributed by atoms with Gasteiger partial charge in [0, 0.05) is 4.88 Å². The average molecular weight is 253 g/mol. The summed E-state index contributed by atoms with van der Waals surface area (Å²) in [4.78, 5) is 15.7. The van der Waals surface area contributed by atoms with Crippen molar-refractivity contribution in [1.29, 1.82) is 0 Å². The van der Waals surface area contributed by atoms with Gasteiger partial charge in [-0.3, -0.25) is 0 Å². The maximum atomic E-state index is 11.3. The van der Waals surface area contributed by atoms with Gasteiger partial charge in [-0.05, 0) is 57.5 Å². The molecule has 1 aliphatic rings. The number of hydrogen-bond acceptors (Lipinski definition) is 4. The molecule has 0 bridgehead atoms. The van der Waals surface area contributed by atoms with Crippen LogP contribution in [0.4, 0.5) is 0 Å². The molecular weight excluding hydrogens is 234 g/mol. The third kappa shape index (κ3) is 3.30. The number of thiophene rings is 1. The van der Waals surface area contributed by atoms with Crippen molar-refractivity contribution < 1.29 is 9.53 Å². The lowest BCUT2D eigenvalue weighted by Gasteiger charge is -2.28. The zero-order valence-corrected chi connectivity index (χ0v) is 11.3. The standard InChI is InChI=1S/C13H19NO2S/c1-14-7-5-10(6-8-14)9-11-3-4-12(17-11)13(15)16-2/h3-4,10H,5-9H2,1-2H3. The van der Waals surface area contributed by atoms with Crippen molar-refractivity contribution in [3.8, 4) is 0 Å². The first kappa shape index (κ1) is 12.6. The van der Waals surface area contributed by atoms with Gasteiger partial charge in [0.1, 0.15) is 4.88 Å². The molecule has 0 amide bonds. The minimum absolute atomic E-state index is 0.218. The van der Waals surface area contributed by atoms with Crippen molar-refractivity contribution in [3.63, 3.8) is 0 Å². The van der Waals surface area contributed by atoms with Crippen LogP contribution >= 0.6 is 11.3 Å². The second-order valence-corrected chi connectivity index (χ2v) is 5.88. The van der Waals surface area contributed by atoms with Crippen LogP contribution in [0.1, 0.15) is 27.4 Å². The predicted octanol–water partition coefficient (Wildman–Crippen LogP) is 2.42. The van der Waals surface area contributed by atoms with Crippen LogP contribution in [0.5, 0.6) is 0 Å². The second kappa shape index (κ2) is 5.65. The lowest BCUT2D eigenvalue weighted by molar-refractivity contribution is 0.0606. The molecule has 0 aliphatic carbocycles. The number of nitrogens with zero attached hydrogens (tertiary/aromatic N) is 1. The van der Waals surface area contributed by atoms with Crippen molar-refractivity contribution in [2.75, 3.05) is 27.2 Å². The molecule has 94 valence electrons. The fourth-order valence-corrected chi connectivity index (χ4v) is 3.29. The van der Waals surface area contributed by atoms with Crippen molar-refractivity contribution in [1.82, 2.24) is 4.90 Å². The van der Waals surface area contributed by atoms with Crippen molar-refractivity contribution >= 4 is 17.3 Å². The van der Waals surface area contributed by atoms with Gasteiger partial charge in [0.15, 0.2) is 0 Å². The van der Waals surface area contributed by atoms with Gasteiger partial charge in [-0.1, -0.05) is 0 Å². The average Bonchev–Trinajstić information content (AvgIpc) is 2.80. The molecule has 1 aromatic rings. The van der Waals surface area contributed by atoms with E-state index in [0.717, 1.165) is 17.2 Å². The molecule has 0 aromatic carbocycles. The first-order valence-electron chi connectivity index (χ1n) is 6.04. The molecular formula is C13H19NO2S. The number of methoxy groups -OCH3 is 1. The lowest BCUT2D eigenvalue weighted by atomic mass is 9.93. The summed E-state index contributed by atoms with van der Waals surface area (Å²) in [5.74, 6) is 0.556. The summed E-state index contributed by atoms with van der Waals surface area (Å²) in [5, 5.41) is 0. The van der Waals surface area contributed by atoms with Crippen molar-refractivity contribution in [2.24, 2.45) is 5.92 Å². The van der Waals surface area contributed by atoms with Crippen molar-refractivity contribution in [2.45, 2.75) is 19.3 Å². The highest BCUT2D eigenvalue weighted by Crippen LogP contribution is 2.25. The van der Waals surface area contributed by atoms with E-state index in [0.29, 0.717) is 0 Å². The monoisotopic (exact) mass is 253 g/mol. The topological polar surface area (TPSA) is 29.5 Å². The van der Waals surface area contributed by atoms with Crippen molar-refractivity contribution in [3.05, 3.63) is 21.9 Å². The molecule has 0 radical (unpaired) electrons. The van der Waals surface area contributed by atoms with E-state index in [9.17, 15) is 4.79 Å². The molecule has 17 heavy (non-hydrogen) atoms. The van der Waals surface area contributed by atoms with E-state index in [1.165, 1.54) is 37.9 Å². The summed E-state index contributed by atoms with van der Waals surface area (Å²) >= 11 is 1.57. The zero-order valence-electron chi connectivity index (χ0n) is 10.4. The SMILES string of the molecule is COC(=O)c1ccc(CC2CCN(C)CC2)s1. The van der Waals surface area contributed by atoms with Gasteiger partial charge in [0.2, 0.25) is 0 Å². The number of rotatable bonds is 3. The number of esters is 1. The van der Waals surface area contributed by atoms with Crippen LogP contribution in [0.2, 0.25) is 0 Å². The highest BCUT2D eigenvalue weighted by Gasteiger charge is 2.18. The Balaban J connectivity index is 1.90. The van der Waals surface area contributed by atoms with Crippen LogP contribution < -0.4 is 0 Å². The van der Waals surface area contributed by atoms with Crippen LogP contribution in [-0.4, -0.2) is 38.1 Å². The highest BCUT2D eigenvalue weighted by molar-refractivity contribution is 7.13. The third-order valence-corrected chi connectivity index (χ3v) is 4.46. The van der Waals surface area contributed by atoms with Crippen LogP contribution in [0, 0.1) is 5.92 Å². The molecule has 2 heterocycles. The van der Waals surface area contributed by atoms with E-state index < -0.39 is 0 Å². The maximum absolute atomic E-state index is 11.3. The molecule has 0 saturated carbocycles.